The Labute approximate surface area is 84.3 Å². The van der Waals surface area contributed by atoms with Crippen molar-refractivity contribution in [3.8, 4) is 0 Å². The molecule has 1 atom stereocenters. The van der Waals surface area contributed by atoms with Crippen LogP contribution in [0.1, 0.15) is 17.5 Å². The van der Waals surface area contributed by atoms with E-state index in [2.05, 4.69) is 24.4 Å². The number of nitrogens with one attached hydrogen (secondary N) is 1. The summed E-state index contributed by atoms with van der Waals surface area (Å²) in [4.78, 5) is 11.4. The summed E-state index contributed by atoms with van der Waals surface area (Å²) < 4.78 is 0. The van der Waals surface area contributed by atoms with E-state index in [1.807, 2.05) is 12.1 Å². The average molecular weight is 189 g/mol. The predicted octanol–water partition coefficient (Wildman–Crippen LogP) is 1.67. The summed E-state index contributed by atoms with van der Waals surface area (Å²) in [5.74, 6) is 0.407. The molecule has 0 radical (unpaired) electrons. The fourth-order valence-electron chi connectivity index (χ4n) is 1.94. The first-order chi connectivity index (χ1) is 6.77. The molecule has 1 saturated heterocycles. The maximum atomic E-state index is 11.4. The lowest BCUT2D eigenvalue weighted by molar-refractivity contribution is -0.122. The maximum absolute atomic E-state index is 11.4. The quantitative estimate of drug-likeness (QED) is 0.753. The van der Waals surface area contributed by atoms with Crippen molar-refractivity contribution >= 4 is 5.91 Å². The molecule has 74 valence electrons. The van der Waals surface area contributed by atoms with Gasteiger partial charge in [0.2, 0.25) is 5.91 Å². The Balaban J connectivity index is 2.10. The Morgan fingerprint density at radius 1 is 1.43 bits per heavy atom. The van der Waals surface area contributed by atoms with Gasteiger partial charge in [0.1, 0.15) is 0 Å². The monoisotopic (exact) mass is 189 g/mol. The number of aryl methyl sites for hydroxylation is 1. The third kappa shape index (κ3) is 1.79. The van der Waals surface area contributed by atoms with Gasteiger partial charge in [0, 0.05) is 12.5 Å². The molecule has 0 aliphatic carbocycles. The lowest BCUT2D eigenvalue weighted by atomic mass is 9.95. The first-order valence-electron chi connectivity index (χ1n) is 5.09. The summed E-state index contributed by atoms with van der Waals surface area (Å²) in [5.41, 5.74) is 2.58. The smallest absolute Gasteiger partial charge is 0.223 e. The molecule has 1 aromatic rings. The van der Waals surface area contributed by atoms with Gasteiger partial charge in [-0.05, 0) is 30.9 Å². The minimum atomic E-state index is 0.191. The Morgan fingerprint density at radius 3 is 2.86 bits per heavy atom. The fraction of sp³-hybridized carbons (Fsp3) is 0.417. The van der Waals surface area contributed by atoms with Crippen molar-refractivity contribution in [2.24, 2.45) is 5.92 Å². The second-order valence-corrected chi connectivity index (χ2v) is 3.91. The topological polar surface area (TPSA) is 29.1 Å². The standard InChI is InChI=1S/C12H15NO/c1-9-4-2-3-5-10(9)8-11-6-7-13-12(11)14/h2-5,11H,6-8H2,1H3,(H,13,14). The van der Waals surface area contributed by atoms with Crippen LogP contribution < -0.4 is 5.32 Å². The summed E-state index contributed by atoms with van der Waals surface area (Å²) in [5, 5.41) is 2.87. The molecule has 1 amide bonds. The fourth-order valence-corrected chi connectivity index (χ4v) is 1.94. The van der Waals surface area contributed by atoms with Gasteiger partial charge in [0.25, 0.3) is 0 Å². The molecule has 1 N–H and O–H groups in total. The third-order valence-corrected chi connectivity index (χ3v) is 2.89. The van der Waals surface area contributed by atoms with Crippen LogP contribution in [-0.4, -0.2) is 12.5 Å². The molecule has 0 saturated carbocycles. The Hall–Kier alpha value is -1.31. The minimum Gasteiger partial charge on any atom is -0.356 e. The highest BCUT2D eigenvalue weighted by Crippen LogP contribution is 2.18. The molecule has 1 aromatic carbocycles. The Bertz CT molecular complexity index is 346. The summed E-state index contributed by atoms with van der Waals surface area (Å²) in [6.07, 6.45) is 1.87. The summed E-state index contributed by atoms with van der Waals surface area (Å²) >= 11 is 0. The molecule has 0 bridgehead atoms. The number of rotatable bonds is 2. The third-order valence-electron chi connectivity index (χ3n) is 2.89. The molecule has 2 nitrogen and oxygen atoms in total. The highest BCUT2D eigenvalue weighted by Gasteiger charge is 2.24. The van der Waals surface area contributed by atoms with Gasteiger partial charge < -0.3 is 5.32 Å². The molecule has 14 heavy (non-hydrogen) atoms. The largest absolute Gasteiger partial charge is 0.356 e. The molecule has 2 rings (SSSR count). The summed E-state index contributed by atoms with van der Waals surface area (Å²) in [6.45, 7) is 2.94. The van der Waals surface area contributed by atoms with E-state index in [-0.39, 0.29) is 11.8 Å². The van der Waals surface area contributed by atoms with Gasteiger partial charge in [0.15, 0.2) is 0 Å². The summed E-state index contributed by atoms with van der Waals surface area (Å²) in [7, 11) is 0. The van der Waals surface area contributed by atoms with E-state index in [1.165, 1.54) is 11.1 Å². The molecule has 1 fully saturated rings. The lowest BCUT2D eigenvalue weighted by Crippen LogP contribution is -2.20. The molecule has 2 heteroatoms. The number of amides is 1. The van der Waals surface area contributed by atoms with Gasteiger partial charge in [-0.25, -0.2) is 0 Å². The van der Waals surface area contributed by atoms with Crippen molar-refractivity contribution in [2.45, 2.75) is 19.8 Å². The molecule has 1 heterocycles. The van der Waals surface area contributed by atoms with E-state index < -0.39 is 0 Å². The zero-order chi connectivity index (χ0) is 9.97. The van der Waals surface area contributed by atoms with E-state index in [0.29, 0.717) is 0 Å². The van der Waals surface area contributed by atoms with E-state index in [9.17, 15) is 4.79 Å². The molecular weight excluding hydrogens is 174 g/mol. The minimum absolute atomic E-state index is 0.191. The van der Waals surface area contributed by atoms with E-state index >= 15 is 0 Å². The van der Waals surface area contributed by atoms with Crippen molar-refractivity contribution in [2.75, 3.05) is 6.54 Å². The van der Waals surface area contributed by atoms with Crippen LogP contribution in [0.5, 0.6) is 0 Å². The molecule has 1 aliphatic heterocycles. The van der Waals surface area contributed by atoms with E-state index in [4.69, 9.17) is 0 Å². The zero-order valence-corrected chi connectivity index (χ0v) is 8.42. The van der Waals surface area contributed by atoms with Gasteiger partial charge in [-0.2, -0.15) is 0 Å². The van der Waals surface area contributed by atoms with Crippen LogP contribution in [0.3, 0.4) is 0 Å². The SMILES string of the molecule is Cc1ccccc1CC1CCNC1=O. The normalized spacial score (nSPS) is 20.9. The van der Waals surface area contributed by atoms with Gasteiger partial charge >= 0.3 is 0 Å². The number of carbonyl (C=O) groups is 1. The molecule has 1 aliphatic rings. The Kier molecular flexibility index (Phi) is 2.53. The van der Waals surface area contributed by atoms with E-state index in [0.717, 1.165) is 19.4 Å². The maximum Gasteiger partial charge on any atom is 0.223 e. The average Bonchev–Trinajstić information content (AvgIpc) is 2.56. The highest BCUT2D eigenvalue weighted by atomic mass is 16.2. The lowest BCUT2D eigenvalue weighted by Gasteiger charge is -2.08. The first kappa shape index (κ1) is 9.25. The predicted molar refractivity (Wildman–Crippen MR) is 56.0 cm³/mol. The number of carbonyl (C=O) groups excluding carboxylic acids is 1. The zero-order valence-electron chi connectivity index (χ0n) is 8.42. The van der Waals surface area contributed by atoms with Gasteiger partial charge in [0.05, 0.1) is 0 Å². The second-order valence-electron chi connectivity index (χ2n) is 3.91. The van der Waals surface area contributed by atoms with Crippen molar-refractivity contribution in [3.05, 3.63) is 35.4 Å². The molecule has 1 unspecified atom stereocenters. The number of hydrogen-bond donors (Lipinski definition) is 1. The van der Waals surface area contributed by atoms with Crippen molar-refractivity contribution in [1.29, 1.82) is 0 Å². The van der Waals surface area contributed by atoms with Crippen molar-refractivity contribution in [1.82, 2.24) is 5.32 Å². The molecule has 0 spiro atoms. The molecular formula is C12H15NO. The van der Waals surface area contributed by atoms with Crippen LogP contribution >= 0.6 is 0 Å². The van der Waals surface area contributed by atoms with E-state index in [1.54, 1.807) is 0 Å². The van der Waals surface area contributed by atoms with Crippen molar-refractivity contribution in [3.63, 3.8) is 0 Å². The number of benzene rings is 1. The van der Waals surface area contributed by atoms with Crippen LogP contribution in [0.2, 0.25) is 0 Å². The van der Waals surface area contributed by atoms with Crippen LogP contribution in [0.15, 0.2) is 24.3 Å². The summed E-state index contributed by atoms with van der Waals surface area (Å²) in [6, 6.07) is 8.28. The highest BCUT2D eigenvalue weighted by molar-refractivity contribution is 5.80. The number of hydrogen-bond acceptors (Lipinski definition) is 1. The van der Waals surface area contributed by atoms with Crippen molar-refractivity contribution < 1.29 is 4.79 Å². The van der Waals surface area contributed by atoms with Crippen LogP contribution in [0, 0.1) is 12.8 Å². The van der Waals surface area contributed by atoms with Crippen LogP contribution in [0.4, 0.5) is 0 Å². The second kappa shape index (κ2) is 3.82. The molecule has 0 aromatic heterocycles. The first-order valence-corrected chi connectivity index (χ1v) is 5.09. The van der Waals surface area contributed by atoms with Gasteiger partial charge in [-0.3, -0.25) is 4.79 Å². The Morgan fingerprint density at radius 2 is 2.21 bits per heavy atom. The van der Waals surface area contributed by atoms with Gasteiger partial charge in [-0.15, -0.1) is 0 Å². The van der Waals surface area contributed by atoms with Crippen LogP contribution in [0.25, 0.3) is 0 Å². The van der Waals surface area contributed by atoms with Crippen LogP contribution in [-0.2, 0) is 11.2 Å². The van der Waals surface area contributed by atoms with Gasteiger partial charge in [-0.1, -0.05) is 24.3 Å².